The van der Waals surface area contributed by atoms with Gasteiger partial charge in [-0.3, -0.25) is 0 Å². The summed E-state index contributed by atoms with van der Waals surface area (Å²) in [6, 6.07) is 3.10. The second-order valence-electron chi connectivity index (χ2n) is 3.74. The molecule has 94 valence electrons. The van der Waals surface area contributed by atoms with Gasteiger partial charge in [-0.05, 0) is 12.1 Å². The van der Waals surface area contributed by atoms with Crippen LogP contribution in [-0.2, 0) is 12.8 Å². The molecule has 2 aromatic heterocycles. The molecule has 0 spiro atoms. The Labute approximate surface area is 104 Å². The first-order valence-electron chi connectivity index (χ1n) is 5.80. The Hall–Kier alpha value is -2.24. The van der Waals surface area contributed by atoms with Crippen LogP contribution in [-0.4, -0.2) is 30.8 Å². The van der Waals surface area contributed by atoms with Crippen LogP contribution in [0.4, 0.5) is 0 Å². The van der Waals surface area contributed by atoms with Crippen molar-refractivity contribution in [3.8, 4) is 5.82 Å². The minimum atomic E-state index is -1.02. The third kappa shape index (κ3) is 2.09. The van der Waals surface area contributed by atoms with Gasteiger partial charge in [-0.2, -0.15) is 4.68 Å². The van der Waals surface area contributed by atoms with Crippen LogP contribution in [0.2, 0.25) is 0 Å². The highest BCUT2D eigenvalue weighted by molar-refractivity contribution is 5.90. The summed E-state index contributed by atoms with van der Waals surface area (Å²) in [4.78, 5) is 19.6. The molecule has 0 atom stereocenters. The molecule has 1 N–H and O–H groups in total. The van der Waals surface area contributed by atoms with Gasteiger partial charge in [0.2, 0.25) is 0 Å². The maximum atomic E-state index is 11.2. The van der Waals surface area contributed by atoms with Gasteiger partial charge in [0.05, 0.1) is 0 Å². The van der Waals surface area contributed by atoms with E-state index in [1.54, 1.807) is 12.3 Å². The third-order valence-electron chi connectivity index (χ3n) is 2.57. The summed E-state index contributed by atoms with van der Waals surface area (Å²) in [6.45, 7) is 3.90. The molecule has 6 nitrogen and oxygen atoms in total. The zero-order chi connectivity index (χ0) is 13.1. The molecule has 0 saturated heterocycles. The molecule has 2 heterocycles. The van der Waals surface area contributed by atoms with Crippen molar-refractivity contribution < 1.29 is 9.90 Å². The molecule has 0 unspecified atom stereocenters. The van der Waals surface area contributed by atoms with E-state index < -0.39 is 5.97 Å². The molecular weight excluding hydrogens is 232 g/mol. The maximum Gasteiger partial charge on any atom is 0.339 e. The summed E-state index contributed by atoms with van der Waals surface area (Å²) >= 11 is 0. The molecule has 0 aliphatic heterocycles. The molecule has 0 aliphatic rings. The van der Waals surface area contributed by atoms with Crippen LogP contribution in [0.5, 0.6) is 0 Å². The first-order valence-corrected chi connectivity index (χ1v) is 5.80. The van der Waals surface area contributed by atoms with Crippen LogP contribution in [0.3, 0.4) is 0 Å². The molecule has 0 aromatic carbocycles. The lowest BCUT2D eigenvalue weighted by molar-refractivity contribution is 0.0696. The Morgan fingerprint density at radius 1 is 1.39 bits per heavy atom. The number of aryl methyl sites for hydroxylation is 2. The highest BCUT2D eigenvalue weighted by Crippen LogP contribution is 2.13. The summed E-state index contributed by atoms with van der Waals surface area (Å²) in [5.41, 5.74) is 0.125. The van der Waals surface area contributed by atoms with E-state index in [1.165, 1.54) is 10.7 Å². The SMILES string of the molecule is CCc1nc(CC)n(-c2ncccc2C(=O)O)n1. The fraction of sp³-hybridized carbons (Fsp3) is 0.333. The topological polar surface area (TPSA) is 80.9 Å². The van der Waals surface area contributed by atoms with Crippen LogP contribution < -0.4 is 0 Å². The minimum absolute atomic E-state index is 0.125. The van der Waals surface area contributed by atoms with Crippen molar-refractivity contribution in [2.24, 2.45) is 0 Å². The second kappa shape index (κ2) is 4.95. The number of hydrogen-bond donors (Lipinski definition) is 1. The van der Waals surface area contributed by atoms with Gasteiger partial charge in [-0.25, -0.2) is 14.8 Å². The van der Waals surface area contributed by atoms with E-state index >= 15 is 0 Å². The summed E-state index contributed by atoms with van der Waals surface area (Å²) in [6.07, 6.45) is 2.92. The quantitative estimate of drug-likeness (QED) is 0.883. The van der Waals surface area contributed by atoms with Crippen LogP contribution >= 0.6 is 0 Å². The van der Waals surface area contributed by atoms with Gasteiger partial charge in [0.25, 0.3) is 0 Å². The number of carboxylic acid groups (broad SMARTS) is 1. The van der Waals surface area contributed by atoms with Crippen molar-refractivity contribution in [1.29, 1.82) is 0 Å². The first kappa shape index (κ1) is 12.2. The van der Waals surface area contributed by atoms with Gasteiger partial charge in [-0.15, -0.1) is 5.10 Å². The lowest BCUT2D eigenvalue weighted by Gasteiger charge is -2.06. The number of carboxylic acids is 1. The Morgan fingerprint density at radius 3 is 2.78 bits per heavy atom. The molecule has 0 bridgehead atoms. The van der Waals surface area contributed by atoms with Gasteiger partial charge < -0.3 is 5.11 Å². The van der Waals surface area contributed by atoms with Crippen LogP contribution in [0, 0.1) is 0 Å². The van der Waals surface area contributed by atoms with Gasteiger partial charge in [-0.1, -0.05) is 13.8 Å². The van der Waals surface area contributed by atoms with Crippen molar-refractivity contribution in [3.63, 3.8) is 0 Å². The van der Waals surface area contributed by atoms with Crippen molar-refractivity contribution in [1.82, 2.24) is 19.7 Å². The van der Waals surface area contributed by atoms with Crippen LogP contribution in [0.15, 0.2) is 18.3 Å². The van der Waals surface area contributed by atoms with Crippen LogP contribution in [0.25, 0.3) is 5.82 Å². The fourth-order valence-corrected chi connectivity index (χ4v) is 1.67. The first-order chi connectivity index (χ1) is 8.67. The molecule has 6 heteroatoms. The Balaban J connectivity index is 2.61. The summed E-state index contributed by atoms with van der Waals surface area (Å²) in [7, 11) is 0. The van der Waals surface area contributed by atoms with E-state index in [2.05, 4.69) is 15.1 Å². The molecule has 2 rings (SSSR count). The number of carbonyl (C=O) groups is 1. The zero-order valence-electron chi connectivity index (χ0n) is 10.3. The second-order valence-corrected chi connectivity index (χ2v) is 3.74. The lowest BCUT2D eigenvalue weighted by atomic mass is 10.2. The summed E-state index contributed by atoms with van der Waals surface area (Å²) in [5.74, 6) is 0.699. The Kier molecular flexibility index (Phi) is 3.36. The molecule has 0 amide bonds. The number of nitrogens with zero attached hydrogens (tertiary/aromatic N) is 4. The molecule has 0 saturated carbocycles. The predicted molar refractivity (Wildman–Crippen MR) is 64.9 cm³/mol. The number of hydrogen-bond acceptors (Lipinski definition) is 4. The van der Waals surface area contributed by atoms with Crippen molar-refractivity contribution in [2.75, 3.05) is 0 Å². The predicted octanol–water partition coefficient (Wildman–Crippen LogP) is 1.49. The van der Waals surface area contributed by atoms with E-state index in [-0.39, 0.29) is 5.56 Å². The van der Waals surface area contributed by atoms with Crippen molar-refractivity contribution in [3.05, 3.63) is 35.5 Å². The molecule has 2 aromatic rings. The lowest BCUT2D eigenvalue weighted by Crippen LogP contribution is -2.11. The average Bonchev–Trinajstić information content (AvgIpc) is 2.81. The van der Waals surface area contributed by atoms with E-state index in [0.717, 1.165) is 0 Å². The molecule has 0 aliphatic carbocycles. The highest BCUT2D eigenvalue weighted by atomic mass is 16.4. The van der Waals surface area contributed by atoms with Crippen LogP contribution in [0.1, 0.15) is 35.9 Å². The number of pyridine rings is 1. The minimum Gasteiger partial charge on any atom is -0.478 e. The normalized spacial score (nSPS) is 10.6. The Morgan fingerprint density at radius 2 is 2.17 bits per heavy atom. The van der Waals surface area contributed by atoms with Crippen molar-refractivity contribution in [2.45, 2.75) is 26.7 Å². The highest BCUT2D eigenvalue weighted by Gasteiger charge is 2.17. The van der Waals surface area contributed by atoms with Gasteiger partial charge in [0.1, 0.15) is 11.4 Å². The van der Waals surface area contributed by atoms with E-state index in [1.807, 2.05) is 13.8 Å². The fourth-order valence-electron chi connectivity index (χ4n) is 1.67. The van der Waals surface area contributed by atoms with Crippen molar-refractivity contribution >= 4 is 5.97 Å². The average molecular weight is 246 g/mol. The molecule has 0 radical (unpaired) electrons. The van der Waals surface area contributed by atoms with Gasteiger partial charge >= 0.3 is 5.97 Å². The Bertz CT molecular complexity index is 577. The third-order valence-corrected chi connectivity index (χ3v) is 2.57. The van der Waals surface area contributed by atoms with E-state index in [4.69, 9.17) is 5.11 Å². The maximum absolute atomic E-state index is 11.2. The summed E-state index contributed by atoms with van der Waals surface area (Å²) in [5, 5.41) is 13.4. The number of aromatic nitrogens is 4. The molecule has 18 heavy (non-hydrogen) atoms. The van der Waals surface area contributed by atoms with E-state index in [9.17, 15) is 4.79 Å². The standard InChI is InChI=1S/C12H14N4O2/c1-3-9-14-10(4-2)16(15-9)11-8(12(17)18)6-5-7-13-11/h5-7H,3-4H2,1-2H3,(H,17,18). The van der Waals surface area contributed by atoms with E-state index in [0.29, 0.717) is 30.3 Å². The van der Waals surface area contributed by atoms with Gasteiger partial charge in [0.15, 0.2) is 11.6 Å². The van der Waals surface area contributed by atoms with Gasteiger partial charge in [0, 0.05) is 19.0 Å². The smallest absolute Gasteiger partial charge is 0.339 e. The molecule has 0 fully saturated rings. The molecular formula is C12H14N4O2. The number of rotatable bonds is 4. The largest absolute Gasteiger partial charge is 0.478 e. The zero-order valence-corrected chi connectivity index (χ0v) is 10.3. The monoisotopic (exact) mass is 246 g/mol. The summed E-state index contributed by atoms with van der Waals surface area (Å²) < 4.78 is 1.52. The number of aromatic carboxylic acids is 1.